The average Bonchev–Trinajstić information content (AvgIpc) is 3.80. The summed E-state index contributed by atoms with van der Waals surface area (Å²) in [6.07, 6.45) is -14.8. The highest BCUT2D eigenvalue weighted by Gasteiger charge is 2.39. The molecule has 2 aromatic heterocycles. The Kier molecular flexibility index (Phi) is 9.23. The van der Waals surface area contributed by atoms with Gasteiger partial charge in [-0.25, -0.2) is 0 Å². The van der Waals surface area contributed by atoms with Crippen molar-refractivity contribution < 1.29 is 39.5 Å². The molecule has 3 nitrogen and oxygen atoms in total. The summed E-state index contributed by atoms with van der Waals surface area (Å²) in [4.78, 5) is 0. The smallest absolute Gasteiger partial charge is 0.309 e. The Morgan fingerprint density at radius 3 is 1.22 bits per heavy atom. The largest absolute Gasteiger partial charge is 0.417 e. The van der Waals surface area contributed by atoms with Gasteiger partial charge in [0.15, 0.2) is 0 Å². The molecule has 12 heteroatoms. The predicted octanol–water partition coefficient (Wildman–Crippen LogP) is 15.8. The molecule has 0 spiro atoms. The normalized spacial score (nSPS) is 12.4. The average molecular weight is 866 g/mol. The van der Waals surface area contributed by atoms with Crippen molar-refractivity contribution in [1.29, 1.82) is 5.26 Å². The first kappa shape index (κ1) is 40.3. The number of alkyl halides is 9. The van der Waals surface area contributed by atoms with E-state index in [0.717, 1.165) is 41.3 Å². The zero-order valence-electron chi connectivity index (χ0n) is 32.9. The van der Waals surface area contributed by atoms with Crippen molar-refractivity contribution in [2.24, 2.45) is 0 Å². The first-order chi connectivity index (χ1) is 30.6. The van der Waals surface area contributed by atoms with Crippen LogP contribution in [0.5, 0.6) is 0 Å². The number of aromatic nitrogens is 2. The Morgan fingerprint density at radius 2 is 0.734 bits per heavy atom. The molecule has 0 bridgehead atoms. The first-order valence-electron chi connectivity index (χ1n) is 19.8. The second-order valence-electron chi connectivity index (χ2n) is 15.3. The molecule has 0 unspecified atom stereocenters. The highest BCUT2D eigenvalue weighted by atomic mass is 19.4. The maximum Gasteiger partial charge on any atom is 0.417 e. The van der Waals surface area contributed by atoms with E-state index in [4.69, 9.17) is 0 Å². The fourth-order valence-electron chi connectivity index (χ4n) is 8.93. The minimum atomic E-state index is -5.09. The van der Waals surface area contributed by atoms with Gasteiger partial charge in [-0.2, -0.15) is 44.8 Å². The number of hydrogen-bond acceptors (Lipinski definition) is 1. The van der Waals surface area contributed by atoms with Gasteiger partial charge in [-0.05, 0) is 118 Å². The van der Waals surface area contributed by atoms with Crippen LogP contribution in [0.3, 0.4) is 0 Å². The summed E-state index contributed by atoms with van der Waals surface area (Å²) in [5.41, 5.74) is -0.558. The third-order valence-electron chi connectivity index (χ3n) is 11.7. The first-order valence-corrected chi connectivity index (χ1v) is 19.8. The molecule has 314 valence electrons. The van der Waals surface area contributed by atoms with Crippen molar-refractivity contribution in [3.8, 4) is 50.8 Å². The van der Waals surface area contributed by atoms with Gasteiger partial charge in [0.1, 0.15) is 0 Å². The summed E-state index contributed by atoms with van der Waals surface area (Å²) in [6.45, 7) is 0. The number of rotatable bonds is 5. The van der Waals surface area contributed by atoms with Gasteiger partial charge in [-0.1, -0.05) is 84.9 Å². The lowest BCUT2D eigenvalue weighted by molar-refractivity contribution is -0.139. The van der Waals surface area contributed by atoms with Crippen LogP contribution >= 0.6 is 0 Å². The molecule has 0 atom stereocenters. The van der Waals surface area contributed by atoms with E-state index < -0.39 is 46.3 Å². The summed E-state index contributed by atoms with van der Waals surface area (Å²) in [5.74, 6) is 0. The number of fused-ring (bicyclic) bond motifs is 6. The molecule has 2 heterocycles. The second-order valence-corrected chi connectivity index (χ2v) is 15.3. The van der Waals surface area contributed by atoms with Crippen LogP contribution in [-0.2, 0) is 18.5 Å². The van der Waals surface area contributed by atoms with Crippen LogP contribution in [0.25, 0.3) is 88.4 Å². The summed E-state index contributed by atoms with van der Waals surface area (Å²) in [5, 5.41) is 12.3. The molecule has 0 aliphatic carbocycles. The minimum absolute atomic E-state index is 0.0712. The van der Waals surface area contributed by atoms with Crippen molar-refractivity contribution in [3.63, 3.8) is 0 Å². The Morgan fingerprint density at radius 1 is 0.344 bits per heavy atom. The predicted molar refractivity (Wildman–Crippen MR) is 231 cm³/mol. The minimum Gasteiger partial charge on any atom is -0.309 e. The molecule has 0 fully saturated rings. The van der Waals surface area contributed by atoms with E-state index in [9.17, 15) is 18.4 Å². The lowest BCUT2D eigenvalue weighted by atomic mass is 9.93. The molecule has 0 aliphatic heterocycles. The van der Waals surface area contributed by atoms with Gasteiger partial charge in [-0.15, -0.1) is 0 Å². The molecule has 0 saturated carbocycles. The van der Waals surface area contributed by atoms with Crippen LogP contribution in [0.15, 0.2) is 170 Å². The van der Waals surface area contributed by atoms with Crippen molar-refractivity contribution in [2.75, 3.05) is 0 Å². The fraction of sp³-hybridized carbons (Fsp3) is 0.0577. The van der Waals surface area contributed by atoms with Crippen LogP contribution in [-0.4, -0.2) is 9.13 Å². The van der Waals surface area contributed by atoms with Gasteiger partial charge in [0.2, 0.25) is 0 Å². The molecular weight excluding hydrogens is 838 g/mol. The topological polar surface area (TPSA) is 33.6 Å². The Bertz CT molecular complexity index is 3540. The Balaban J connectivity index is 1.20. The van der Waals surface area contributed by atoms with Crippen LogP contribution < -0.4 is 0 Å². The maximum atomic E-state index is 15.1. The molecule has 0 amide bonds. The number of nitriles is 1. The van der Waals surface area contributed by atoms with Crippen LogP contribution in [0, 0.1) is 11.3 Å². The lowest BCUT2D eigenvalue weighted by Crippen LogP contribution is -2.12. The third-order valence-corrected chi connectivity index (χ3v) is 11.7. The van der Waals surface area contributed by atoms with E-state index in [-0.39, 0.29) is 22.5 Å². The van der Waals surface area contributed by atoms with Gasteiger partial charge < -0.3 is 9.13 Å². The zero-order chi connectivity index (χ0) is 44.7. The molecule has 64 heavy (non-hydrogen) atoms. The Labute approximate surface area is 358 Å². The molecule has 8 aromatic carbocycles. The summed E-state index contributed by atoms with van der Waals surface area (Å²) < 4.78 is 136. The van der Waals surface area contributed by atoms with Gasteiger partial charge in [0.05, 0.1) is 50.4 Å². The molecular formula is C52H28F9N3. The number of hydrogen-bond donors (Lipinski definition) is 0. The number of nitrogens with zero attached hydrogens (tertiary/aromatic N) is 3. The monoisotopic (exact) mass is 865 g/mol. The molecule has 0 saturated heterocycles. The number of para-hydroxylation sites is 2. The molecule has 0 radical (unpaired) electrons. The third kappa shape index (κ3) is 6.63. The number of halogens is 9. The fourth-order valence-corrected chi connectivity index (χ4v) is 8.93. The van der Waals surface area contributed by atoms with E-state index >= 15 is 26.3 Å². The summed E-state index contributed by atoms with van der Waals surface area (Å²) >= 11 is 0. The van der Waals surface area contributed by atoms with Crippen molar-refractivity contribution in [2.45, 2.75) is 18.5 Å². The van der Waals surface area contributed by atoms with Gasteiger partial charge >= 0.3 is 18.5 Å². The summed E-state index contributed by atoms with van der Waals surface area (Å²) in [6, 6.07) is 44.5. The quantitative estimate of drug-likeness (QED) is 0.159. The second kappa shape index (κ2) is 14.7. The molecule has 0 N–H and O–H groups in total. The maximum absolute atomic E-state index is 15.1. The standard InChI is InChI=1S/C52H28F9N3/c53-50(54,55)43-14-6-3-11-36(43)31-18-24-49-42(26-31)38-13-5-8-16-47(38)64(49)34-20-22-45(52(59,60)61)40(28-34)39-27-33(19-21-44(39)51(56,57)58)63-46-15-7-4-12-37(46)41-25-30(17-23-48(41)63)35-10-2-1-9-32(35)29-62/h1-28H. The van der Waals surface area contributed by atoms with Gasteiger partial charge in [0, 0.05) is 32.9 Å². The van der Waals surface area contributed by atoms with E-state index in [0.29, 0.717) is 49.4 Å². The van der Waals surface area contributed by atoms with Crippen LogP contribution in [0.1, 0.15) is 22.3 Å². The molecule has 10 rings (SSSR count). The SMILES string of the molecule is N#Cc1ccccc1-c1ccc2c(c1)c1ccccc1n2-c1ccc(C(F)(F)F)c(-c2cc(-n3c4ccccc4c4cc(-c5ccccc5C(F)(F)F)ccc43)ccc2C(F)(F)F)c1. The highest BCUT2D eigenvalue weighted by Crippen LogP contribution is 2.47. The number of benzene rings is 8. The van der Waals surface area contributed by atoms with Gasteiger partial charge in [0.25, 0.3) is 0 Å². The van der Waals surface area contributed by atoms with Crippen molar-refractivity contribution in [1.82, 2.24) is 9.13 Å². The summed E-state index contributed by atoms with van der Waals surface area (Å²) in [7, 11) is 0. The van der Waals surface area contributed by atoms with Crippen LogP contribution in [0.4, 0.5) is 39.5 Å². The van der Waals surface area contributed by atoms with E-state index in [1.165, 1.54) is 36.4 Å². The highest BCUT2D eigenvalue weighted by molar-refractivity contribution is 6.12. The van der Waals surface area contributed by atoms with E-state index in [2.05, 4.69) is 6.07 Å². The molecule has 0 aliphatic rings. The van der Waals surface area contributed by atoms with Crippen molar-refractivity contribution in [3.05, 3.63) is 192 Å². The van der Waals surface area contributed by atoms with E-state index in [1.54, 1.807) is 94.1 Å². The lowest BCUT2D eigenvalue weighted by Gasteiger charge is -2.21. The van der Waals surface area contributed by atoms with Gasteiger partial charge in [-0.3, -0.25) is 0 Å². The Hall–Kier alpha value is -7.78. The zero-order valence-corrected chi connectivity index (χ0v) is 32.9. The van der Waals surface area contributed by atoms with E-state index in [1.807, 2.05) is 18.2 Å². The molecule has 10 aromatic rings. The van der Waals surface area contributed by atoms with Crippen molar-refractivity contribution >= 4 is 43.6 Å². The van der Waals surface area contributed by atoms with Crippen LogP contribution in [0.2, 0.25) is 0 Å².